The number of Topliss-reactive ketones (excluding diaryl/α,β-unsaturated/α-hetero) is 1. The van der Waals surface area contributed by atoms with Gasteiger partial charge in [0.25, 0.3) is 0 Å². The number of amides is 1. The van der Waals surface area contributed by atoms with Gasteiger partial charge in [-0.25, -0.2) is 9.59 Å². The predicted molar refractivity (Wildman–Crippen MR) is 118 cm³/mol. The summed E-state index contributed by atoms with van der Waals surface area (Å²) in [6.07, 6.45) is 0.0407. The Bertz CT molecular complexity index is 1090. The maximum atomic E-state index is 12.9. The van der Waals surface area contributed by atoms with Crippen LogP contribution in [0.2, 0.25) is 5.02 Å². The first kappa shape index (κ1) is 23.5. The van der Waals surface area contributed by atoms with Crippen LogP contribution in [-0.2, 0) is 14.3 Å². The molecule has 0 aliphatic carbocycles. The maximum Gasteiger partial charge on any atom is 0.340 e. The van der Waals surface area contributed by atoms with E-state index in [1.54, 1.807) is 20.8 Å². The lowest BCUT2D eigenvalue weighted by atomic mass is 10.1. The van der Waals surface area contributed by atoms with E-state index in [1.165, 1.54) is 30.0 Å². The summed E-state index contributed by atoms with van der Waals surface area (Å²) < 4.78 is 10.4. The summed E-state index contributed by atoms with van der Waals surface area (Å²) in [4.78, 5) is 54.3. The Labute approximate surface area is 190 Å². The van der Waals surface area contributed by atoms with E-state index in [-0.39, 0.29) is 23.8 Å². The fourth-order valence-electron chi connectivity index (χ4n) is 3.74. The number of carbonyl (C=O) groups is 4. The van der Waals surface area contributed by atoms with Crippen LogP contribution in [-0.4, -0.2) is 47.9 Å². The molecule has 1 N–H and O–H groups in total. The van der Waals surface area contributed by atoms with Crippen molar-refractivity contribution in [2.75, 3.05) is 18.1 Å². The van der Waals surface area contributed by atoms with Crippen molar-refractivity contribution in [3.63, 3.8) is 0 Å². The van der Waals surface area contributed by atoms with Gasteiger partial charge in [-0.1, -0.05) is 11.6 Å². The second-order valence-corrected chi connectivity index (χ2v) is 7.98. The molecule has 1 aliphatic rings. The number of esters is 2. The second-order valence-electron chi connectivity index (χ2n) is 7.57. The summed E-state index contributed by atoms with van der Waals surface area (Å²) in [6.45, 7) is 7.20. The minimum Gasteiger partial charge on any atom is -0.462 e. The van der Waals surface area contributed by atoms with Gasteiger partial charge in [-0.3, -0.25) is 9.59 Å². The summed E-state index contributed by atoms with van der Waals surface area (Å²) in [6, 6.07) is 4.50. The van der Waals surface area contributed by atoms with Gasteiger partial charge in [-0.2, -0.15) is 0 Å². The Morgan fingerprint density at radius 2 is 1.94 bits per heavy atom. The van der Waals surface area contributed by atoms with Crippen LogP contribution in [0.3, 0.4) is 0 Å². The first-order valence-corrected chi connectivity index (χ1v) is 10.7. The van der Waals surface area contributed by atoms with E-state index in [9.17, 15) is 19.2 Å². The van der Waals surface area contributed by atoms with Crippen molar-refractivity contribution in [2.24, 2.45) is 0 Å². The largest absolute Gasteiger partial charge is 0.462 e. The fraction of sp³-hybridized carbons (Fsp3) is 0.391. The zero-order valence-corrected chi connectivity index (χ0v) is 19.2. The molecule has 1 amide bonds. The quantitative estimate of drug-likeness (QED) is 0.494. The van der Waals surface area contributed by atoms with Crippen LogP contribution in [0, 0.1) is 13.8 Å². The van der Waals surface area contributed by atoms with Crippen molar-refractivity contribution in [1.29, 1.82) is 0 Å². The van der Waals surface area contributed by atoms with Crippen LogP contribution >= 0.6 is 11.6 Å². The zero-order valence-electron chi connectivity index (χ0n) is 18.4. The number of aromatic nitrogens is 1. The number of carbonyl (C=O) groups excluding carboxylic acids is 4. The third-order valence-electron chi connectivity index (χ3n) is 5.36. The topological polar surface area (TPSA) is 106 Å². The highest BCUT2D eigenvalue weighted by molar-refractivity contribution is 6.34. The maximum absolute atomic E-state index is 12.9. The van der Waals surface area contributed by atoms with Crippen LogP contribution in [0.5, 0.6) is 0 Å². The summed E-state index contributed by atoms with van der Waals surface area (Å²) in [5, 5.41) is 0.352. The van der Waals surface area contributed by atoms with Gasteiger partial charge in [0, 0.05) is 18.7 Å². The molecule has 8 nitrogen and oxygen atoms in total. The van der Waals surface area contributed by atoms with Crippen molar-refractivity contribution in [3.8, 4) is 0 Å². The molecular formula is C23H25ClN2O6. The Kier molecular flexibility index (Phi) is 7.03. The molecule has 2 heterocycles. The monoisotopic (exact) mass is 460 g/mol. The SMILES string of the molecule is CCOC(=O)c1c(C)[nH]c(C(=O)C(C)OC(=O)c2ccc(Cl)c(N3CCCC3=O)c2)c1C. The van der Waals surface area contributed by atoms with Gasteiger partial charge in [0.05, 0.1) is 34.1 Å². The van der Waals surface area contributed by atoms with Crippen LogP contribution in [0.25, 0.3) is 0 Å². The number of ether oxygens (including phenoxy) is 2. The lowest BCUT2D eigenvalue weighted by Gasteiger charge is -2.18. The Morgan fingerprint density at radius 1 is 1.22 bits per heavy atom. The van der Waals surface area contributed by atoms with E-state index in [2.05, 4.69) is 4.98 Å². The minimum atomic E-state index is -1.11. The normalized spacial score (nSPS) is 14.4. The van der Waals surface area contributed by atoms with E-state index in [0.717, 1.165) is 6.42 Å². The number of hydrogen-bond acceptors (Lipinski definition) is 6. The van der Waals surface area contributed by atoms with Crippen molar-refractivity contribution in [2.45, 2.75) is 46.6 Å². The number of ketones is 1. The molecule has 9 heteroatoms. The number of H-pyrrole nitrogens is 1. The molecule has 3 rings (SSSR count). The Morgan fingerprint density at radius 3 is 2.56 bits per heavy atom. The average Bonchev–Trinajstić information content (AvgIpc) is 3.30. The number of hydrogen-bond donors (Lipinski definition) is 1. The highest BCUT2D eigenvalue weighted by Gasteiger charge is 2.29. The molecule has 32 heavy (non-hydrogen) atoms. The first-order chi connectivity index (χ1) is 15.1. The van der Waals surface area contributed by atoms with Gasteiger partial charge in [0.1, 0.15) is 0 Å². The third-order valence-corrected chi connectivity index (χ3v) is 5.68. The molecule has 1 aliphatic heterocycles. The van der Waals surface area contributed by atoms with E-state index < -0.39 is 23.8 Å². The van der Waals surface area contributed by atoms with E-state index in [4.69, 9.17) is 21.1 Å². The van der Waals surface area contributed by atoms with Crippen molar-refractivity contribution in [1.82, 2.24) is 4.98 Å². The number of nitrogens with zero attached hydrogens (tertiary/aromatic N) is 1. The molecule has 170 valence electrons. The van der Waals surface area contributed by atoms with Crippen LogP contribution in [0.15, 0.2) is 18.2 Å². The molecule has 1 aromatic carbocycles. The number of nitrogens with one attached hydrogen (secondary N) is 1. The van der Waals surface area contributed by atoms with Crippen molar-refractivity contribution in [3.05, 3.63) is 51.3 Å². The molecule has 0 bridgehead atoms. The predicted octanol–water partition coefficient (Wildman–Crippen LogP) is 4.02. The number of benzene rings is 1. The highest BCUT2D eigenvalue weighted by atomic mass is 35.5. The Balaban J connectivity index is 1.78. The van der Waals surface area contributed by atoms with Crippen LogP contribution in [0.4, 0.5) is 5.69 Å². The van der Waals surface area contributed by atoms with Crippen LogP contribution < -0.4 is 4.90 Å². The van der Waals surface area contributed by atoms with Crippen LogP contribution in [0.1, 0.15) is 69.2 Å². The molecule has 1 aromatic heterocycles. The van der Waals surface area contributed by atoms with E-state index in [1.807, 2.05) is 0 Å². The summed E-state index contributed by atoms with van der Waals surface area (Å²) in [7, 11) is 0. The van der Waals surface area contributed by atoms with Gasteiger partial charge in [-0.05, 0) is 57.9 Å². The van der Waals surface area contributed by atoms with Gasteiger partial charge in [0.2, 0.25) is 11.7 Å². The molecule has 2 aromatic rings. The highest BCUT2D eigenvalue weighted by Crippen LogP contribution is 2.31. The van der Waals surface area contributed by atoms with Gasteiger partial charge >= 0.3 is 11.9 Å². The molecule has 0 saturated carbocycles. The van der Waals surface area contributed by atoms with Crippen molar-refractivity contribution >= 4 is 40.9 Å². The number of aromatic amines is 1. The zero-order chi connectivity index (χ0) is 23.6. The van der Waals surface area contributed by atoms with E-state index in [0.29, 0.717) is 40.5 Å². The molecule has 1 unspecified atom stereocenters. The molecule has 0 spiro atoms. The fourth-order valence-corrected chi connectivity index (χ4v) is 3.96. The first-order valence-electron chi connectivity index (χ1n) is 10.4. The summed E-state index contributed by atoms with van der Waals surface area (Å²) in [5.41, 5.74) is 2.04. The molecular weight excluding hydrogens is 436 g/mol. The summed E-state index contributed by atoms with van der Waals surface area (Å²) in [5.74, 6) is -1.77. The standard InChI is InChI=1S/C23H25ClN2O6/c1-5-31-23(30)19-12(2)20(25-13(19)3)21(28)14(4)32-22(29)15-8-9-16(24)17(11-15)26-10-6-7-18(26)27/h8-9,11,14,25H,5-7,10H2,1-4H3. The lowest BCUT2D eigenvalue weighted by molar-refractivity contribution is -0.117. The Hall–Kier alpha value is -3.13. The molecule has 1 fully saturated rings. The van der Waals surface area contributed by atoms with Crippen molar-refractivity contribution < 1.29 is 28.7 Å². The average molecular weight is 461 g/mol. The smallest absolute Gasteiger partial charge is 0.340 e. The number of halogens is 1. The number of anilines is 1. The second kappa shape index (κ2) is 9.56. The minimum absolute atomic E-state index is 0.0593. The number of aryl methyl sites for hydroxylation is 1. The summed E-state index contributed by atoms with van der Waals surface area (Å²) >= 11 is 6.22. The lowest BCUT2D eigenvalue weighted by Crippen LogP contribution is -2.26. The van der Waals surface area contributed by atoms with Gasteiger partial charge in [-0.15, -0.1) is 0 Å². The molecule has 1 saturated heterocycles. The molecule has 0 radical (unpaired) electrons. The van der Waals surface area contributed by atoms with Gasteiger partial charge in [0.15, 0.2) is 6.10 Å². The van der Waals surface area contributed by atoms with E-state index >= 15 is 0 Å². The third kappa shape index (κ3) is 4.55. The molecule has 1 atom stereocenters. The number of rotatable bonds is 7. The van der Waals surface area contributed by atoms with Gasteiger partial charge < -0.3 is 19.4 Å².